The predicted molar refractivity (Wildman–Crippen MR) is 34.5 cm³/mol. The van der Waals surface area contributed by atoms with E-state index in [-0.39, 0.29) is 0 Å². The van der Waals surface area contributed by atoms with Crippen LogP contribution < -0.4 is 0 Å². The van der Waals surface area contributed by atoms with E-state index in [2.05, 4.69) is 4.84 Å². The van der Waals surface area contributed by atoms with Gasteiger partial charge in [0.2, 0.25) is 0 Å². The van der Waals surface area contributed by atoms with Crippen molar-refractivity contribution in [3.05, 3.63) is 0 Å². The predicted octanol–water partition coefficient (Wildman–Crippen LogP) is -0.375. The number of hydrogen-bond acceptors (Lipinski definition) is 4. The molecule has 1 aliphatic rings. The molecular weight excluding hydrogens is 150 g/mol. The monoisotopic (exact) mass is 159 g/mol. The lowest BCUT2D eigenvalue weighted by atomic mass is 10.3. The van der Waals surface area contributed by atoms with Gasteiger partial charge in [-0.15, -0.1) is 5.06 Å². The zero-order valence-electron chi connectivity index (χ0n) is 5.95. The second-order valence-corrected chi connectivity index (χ2v) is 2.32. The normalized spacial score (nSPS) is 17.1. The zero-order chi connectivity index (χ0) is 8.27. The number of carboxylic acid groups (broad SMARTS) is 1. The summed E-state index contributed by atoms with van der Waals surface area (Å²) in [5.41, 5.74) is 0. The van der Waals surface area contributed by atoms with Crippen molar-refractivity contribution < 1.29 is 19.5 Å². The number of rotatable bonds is 3. The summed E-state index contributed by atoms with van der Waals surface area (Å²) < 4.78 is 0. The minimum Gasteiger partial charge on any atom is -0.481 e. The zero-order valence-corrected chi connectivity index (χ0v) is 5.95. The number of hydroxylamine groups is 2. The van der Waals surface area contributed by atoms with Crippen LogP contribution in [0.1, 0.15) is 12.8 Å². The molecule has 1 saturated heterocycles. The maximum Gasteiger partial charge on any atom is 0.336 e. The summed E-state index contributed by atoms with van der Waals surface area (Å²) in [5.74, 6) is -1.85. The van der Waals surface area contributed by atoms with Gasteiger partial charge in [0, 0.05) is 13.1 Å². The SMILES string of the molecule is O=C(O)CC(=O)ON1CCC1. The summed E-state index contributed by atoms with van der Waals surface area (Å²) in [6, 6.07) is 0. The van der Waals surface area contributed by atoms with E-state index >= 15 is 0 Å². The van der Waals surface area contributed by atoms with Crippen LogP contribution in [-0.2, 0) is 14.4 Å². The molecule has 0 aromatic heterocycles. The van der Waals surface area contributed by atoms with E-state index in [0.29, 0.717) is 13.1 Å². The Labute approximate surface area is 63.5 Å². The molecule has 0 spiro atoms. The van der Waals surface area contributed by atoms with Gasteiger partial charge in [-0.05, 0) is 6.42 Å². The summed E-state index contributed by atoms with van der Waals surface area (Å²) in [7, 11) is 0. The van der Waals surface area contributed by atoms with E-state index in [1.165, 1.54) is 5.06 Å². The van der Waals surface area contributed by atoms with Gasteiger partial charge in [-0.1, -0.05) is 0 Å². The fourth-order valence-electron chi connectivity index (χ4n) is 0.678. The van der Waals surface area contributed by atoms with Gasteiger partial charge in [0.15, 0.2) is 0 Å². The average Bonchev–Trinajstić information content (AvgIpc) is 1.77. The van der Waals surface area contributed by atoms with E-state index in [9.17, 15) is 9.59 Å². The largest absolute Gasteiger partial charge is 0.481 e. The second-order valence-electron chi connectivity index (χ2n) is 2.32. The lowest BCUT2D eigenvalue weighted by molar-refractivity contribution is -0.208. The van der Waals surface area contributed by atoms with Gasteiger partial charge in [-0.3, -0.25) is 4.79 Å². The molecule has 0 aromatic rings. The van der Waals surface area contributed by atoms with Crippen molar-refractivity contribution in [3.63, 3.8) is 0 Å². The molecule has 5 nitrogen and oxygen atoms in total. The van der Waals surface area contributed by atoms with Crippen LogP contribution in [0.3, 0.4) is 0 Å². The van der Waals surface area contributed by atoms with Gasteiger partial charge >= 0.3 is 11.9 Å². The number of nitrogens with zero attached hydrogens (tertiary/aromatic N) is 1. The fourth-order valence-corrected chi connectivity index (χ4v) is 0.678. The molecule has 1 N–H and O–H groups in total. The highest BCUT2D eigenvalue weighted by Gasteiger charge is 2.19. The van der Waals surface area contributed by atoms with Crippen molar-refractivity contribution >= 4 is 11.9 Å². The first kappa shape index (κ1) is 8.00. The van der Waals surface area contributed by atoms with Crippen molar-refractivity contribution in [1.29, 1.82) is 0 Å². The molecule has 0 bridgehead atoms. The maximum atomic E-state index is 10.6. The first-order valence-corrected chi connectivity index (χ1v) is 3.36. The van der Waals surface area contributed by atoms with Gasteiger partial charge in [-0.25, -0.2) is 4.79 Å². The Bertz CT molecular complexity index is 175. The van der Waals surface area contributed by atoms with E-state index in [4.69, 9.17) is 5.11 Å². The van der Waals surface area contributed by atoms with Crippen LogP contribution >= 0.6 is 0 Å². The van der Waals surface area contributed by atoms with Gasteiger partial charge in [0.05, 0.1) is 0 Å². The van der Waals surface area contributed by atoms with Crippen molar-refractivity contribution in [2.24, 2.45) is 0 Å². The van der Waals surface area contributed by atoms with Crippen LogP contribution in [-0.4, -0.2) is 35.2 Å². The Morgan fingerprint density at radius 1 is 1.45 bits per heavy atom. The third-order valence-electron chi connectivity index (χ3n) is 1.34. The van der Waals surface area contributed by atoms with Gasteiger partial charge in [0.25, 0.3) is 0 Å². The van der Waals surface area contributed by atoms with Gasteiger partial charge in [-0.2, -0.15) is 0 Å². The molecule has 0 atom stereocenters. The minimum atomic E-state index is -1.16. The molecule has 1 fully saturated rings. The number of carbonyl (C=O) groups is 2. The summed E-state index contributed by atoms with van der Waals surface area (Å²) >= 11 is 0. The molecule has 0 aliphatic carbocycles. The molecule has 5 heteroatoms. The summed E-state index contributed by atoms with van der Waals surface area (Å²) in [5, 5.41) is 9.62. The van der Waals surface area contributed by atoms with Crippen LogP contribution in [0.2, 0.25) is 0 Å². The van der Waals surface area contributed by atoms with E-state index in [1.807, 2.05) is 0 Å². The van der Waals surface area contributed by atoms with Crippen molar-refractivity contribution in [2.45, 2.75) is 12.8 Å². The Balaban J connectivity index is 2.14. The summed E-state index contributed by atoms with van der Waals surface area (Å²) in [6.07, 6.45) is 0.441. The molecule has 62 valence electrons. The number of hydrogen-bond donors (Lipinski definition) is 1. The number of carbonyl (C=O) groups excluding carboxylic acids is 1. The molecule has 0 aromatic carbocycles. The lowest BCUT2D eigenvalue weighted by Gasteiger charge is -2.28. The molecule has 1 aliphatic heterocycles. The molecule has 0 amide bonds. The molecule has 1 heterocycles. The van der Waals surface area contributed by atoms with Crippen molar-refractivity contribution in [1.82, 2.24) is 5.06 Å². The van der Waals surface area contributed by atoms with Crippen LogP contribution in [0.4, 0.5) is 0 Å². The highest BCUT2D eigenvalue weighted by Crippen LogP contribution is 2.06. The molecule has 1 rings (SSSR count). The summed E-state index contributed by atoms with van der Waals surface area (Å²) in [4.78, 5) is 25.2. The van der Waals surface area contributed by atoms with Gasteiger partial charge < -0.3 is 9.94 Å². The smallest absolute Gasteiger partial charge is 0.336 e. The third-order valence-corrected chi connectivity index (χ3v) is 1.34. The Morgan fingerprint density at radius 3 is 2.45 bits per heavy atom. The summed E-state index contributed by atoms with van der Waals surface area (Å²) in [6.45, 7) is 1.43. The van der Waals surface area contributed by atoms with E-state index < -0.39 is 18.4 Å². The fraction of sp³-hybridized carbons (Fsp3) is 0.667. The first-order valence-electron chi connectivity index (χ1n) is 3.36. The lowest BCUT2D eigenvalue weighted by Crippen LogP contribution is -2.39. The molecular formula is C6H9NO4. The highest BCUT2D eigenvalue weighted by atomic mass is 16.7. The maximum absolute atomic E-state index is 10.6. The minimum absolute atomic E-state index is 0.559. The van der Waals surface area contributed by atoms with Crippen LogP contribution in [0, 0.1) is 0 Å². The van der Waals surface area contributed by atoms with Crippen LogP contribution in [0.15, 0.2) is 0 Å². The quantitative estimate of drug-likeness (QED) is 0.569. The second kappa shape index (κ2) is 3.34. The molecule has 0 radical (unpaired) electrons. The standard InChI is InChI=1S/C6H9NO4/c8-5(9)4-6(10)11-7-2-1-3-7/h1-4H2,(H,8,9). The number of carboxylic acids is 1. The highest BCUT2D eigenvalue weighted by molar-refractivity contribution is 5.89. The van der Waals surface area contributed by atoms with Crippen molar-refractivity contribution in [2.75, 3.05) is 13.1 Å². The Kier molecular flexibility index (Phi) is 2.43. The molecule has 11 heavy (non-hydrogen) atoms. The van der Waals surface area contributed by atoms with Crippen LogP contribution in [0.25, 0.3) is 0 Å². The molecule has 0 saturated carbocycles. The van der Waals surface area contributed by atoms with Crippen LogP contribution in [0.5, 0.6) is 0 Å². The van der Waals surface area contributed by atoms with E-state index in [1.54, 1.807) is 0 Å². The van der Waals surface area contributed by atoms with E-state index in [0.717, 1.165) is 6.42 Å². The number of aliphatic carboxylic acids is 1. The average molecular weight is 159 g/mol. The topological polar surface area (TPSA) is 66.8 Å². The third kappa shape index (κ3) is 2.55. The van der Waals surface area contributed by atoms with Gasteiger partial charge in [0.1, 0.15) is 6.42 Å². The Hall–Kier alpha value is -1.10. The first-order chi connectivity index (χ1) is 5.18. The Morgan fingerprint density at radius 2 is 2.09 bits per heavy atom. The van der Waals surface area contributed by atoms with Crippen molar-refractivity contribution in [3.8, 4) is 0 Å². The molecule has 0 unspecified atom stereocenters.